The van der Waals surface area contributed by atoms with Crippen molar-refractivity contribution in [2.45, 2.75) is 44.8 Å². The standard InChI is InChI=1S/C16H25NO3/c1-12(17)11-13-5-3-7-15(18-2)16(13)20-10-8-14-6-4-9-19-14/h3,5,7,12,14H,4,6,8-11,17H2,1-2H3. The van der Waals surface area contributed by atoms with E-state index >= 15 is 0 Å². The van der Waals surface area contributed by atoms with Gasteiger partial charge in [0.1, 0.15) is 0 Å². The van der Waals surface area contributed by atoms with Crippen LogP contribution in [0.2, 0.25) is 0 Å². The third kappa shape index (κ3) is 4.12. The summed E-state index contributed by atoms with van der Waals surface area (Å²) < 4.78 is 17.0. The molecule has 20 heavy (non-hydrogen) atoms. The van der Waals surface area contributed by atoms with Crippen molar-refractivity contribution in [1.29, 1.82) is 0 Å². The van der Waals surface area contributed by atoms with E-state index < -0.39 is 0 Å². The smallest absolute Gasteiger partial charge is 0.164 e. The van der Waals surface area contributed by atoms with Gasteiger partial charge in [0.15, 0.2) is 11.5 Å². The molecule has 1 aliphatic rings. The Bertz CT molecular complexity index is 414. The first-order valence-corrected chi connectivity index (χ1v) is 7.36. The highest BCUT2D eigenvalue weighted by molar-refractivity contribution is 5.47. The lowest BCUT2D eigenvalue weighted by Gasteiger charge is -2.17. The second-order valence-corrected chi connectivity index (χ2v) is 5.40. The first-order valence-electron chi connectivity index (χ1n) is 7.36. The van der Waals surface area contributed by atoms with Gasteiger partial charge in [-0.25, -0.2) is 0 Å². The van der Waals surface area contributed by atoms with Crippen molar-refractivity contribution in [2.24, 2.45) is 5.73 Å². The van der Waals surface area contributed by atoms with Crippen LogP contribution in [0.1, 0.15) is 31.7 Å². The van der Waals surface area contributed by atoms with Gasteiger partial charge in [-0.3, -0.25) is 0 Å². The zero-order chi connectivity index (χ0) is 14.4. The summed E-state index contributed by atoms with van der Waals surface area (Å²) in [7, 11) is 1.66. The monoisotopic (exact) mass is 279 g/mol. The molecule has 0 saturated carbocycles. The van der Waals surface area contributed by atoms with Gasteiger partial charge < -0.3 is 19.9 Å². The molecule has 0 bridgehead atoms. The number of hydrogen-bond acceptors (Lipinski definition) is 4. The third-order valence-electron chi connectivity index (χ3n) is 3.53. The number of ether oxygens (including phenoxy) is 3. The van der Waals surface area contributed by atoms with Gasteiger partial charge in [-0.1, -0.05) is 12.1 Å². The molecule has 1 fully saturated rings. The molecule has 0 aliphatic carbocycles. The first kappa shape index (κ1) is 15.1. The van der Waals surface area contributed by atoms with Crippen LogP contribution in [0.4, 0.5) is 0 Å². The summed E-state index contributed by atoms with van der Waals surface area (Å²) in [5.74, 6) is 1.60. The lowest BCUT2D eigenvalue weighted by Crippen LogP contribution is -2.19. The Morgan fingerprint density at radius 3 is 2.95 bits per heavy atom. The molecule has 4 heteroatoms. The van der Waals surface area contributed by atoms with Gasteiger partial charge in [-0.15, -0.1) is 0 Å². The number of methoxy groups -OCH3 is 1. The molecule has 1 aromatic carbocycles. The maximum atomic E-state index is 5.96. The van der Waals surface area contributed by atoms with Gasteiger partial charge in [0.05, 0.1) is 19.8 Å². The van der Waals surface area contributed by atoms with Crippen LogP contribution < -0.4 is 15.2 Å². The first-order chi connectivity index (χ1) is 9.70. The van der Waals surface area contributed by atoms with Crippen LogP contribution in [0.15, 0.2) is 18.2 Å². The Morgan fingerprint density at radius 1 is 1.45 bits per heavy atom. The Labute approximate surface area is 121 Å². The number of hydrogen-bond donors (Lipinski definition) is 1. The van der Waals surface area contributed by atoms with E-state index in [9.17, 15) is 0 Å². The minimum absolute atomic E-state index is 0.0996. The quantitative estimate of drug-likeness (QED) is 0.833. The van der Waals surface area contributed by atoms with Gasteiger partial charge in [-0.05, 0) is 37.8 Å². The molecule has 1 aliphatic heterocycles. The van der Waals surface area contributed by atoms with E-state index in [1.807, 2.05) is 25.1 Å². The summed E-state index contributed by atoms with van der Waals surface area (Å²) in [4.78, 5) is 0. The van der Waals surface area contributed by atoms with Crippen LogP contribution in [0, 0.1) is 0 Å². The molecule has 4 nitrogen and oxygen atoms in total. The van der Waals surface area contributed by atoms with Crippen LogP contribution in [-0.4, -0.2) is 32.5 Å². The zero-order valence-corrected chi connectivity index (χ0v) is 12.4. The lowest BCUT2D eigenvalue weighted by atomic mass is 10.1. The fourth-order valence-corrected chi connectivity index (χ4v) is 2.56. The van der Waals surface area contributed by atoms with Crippen LogP contribution in [-0.2, 0) is 11.2 Å². The number of para-hydroxylation sites is 1. The molecule has 2 rings (SSSR count). The van der Waals surface area contributed by atoms with Gasteiger partial charge in [0, 0.05) is 19.1 Å². The fraction of sp³-hybridized carbons (Fsp3) is 0.625. The second-order valence-electron chi connectivity index (χ2n) is 5.40. The summed E-state index contributed by atoms with van der Waals surface area (Å²) in [6, 6.07) is 6.05. The van der Waals surface area contributed by atoms with Crippen molar-refractivity contribution < 1.29 is 14.2 Å². The molecule has 1 aromatic rings. The average Bonchev–Trinajstić information content (AvgIpc) is 2.92. The van der Waals surface area contributed by atoms with E-state index in [0.717, 1.165) is 49.4 Å². The fourth-order valence-electron chi connectivity index (χ4n) is 2.56. The van der Waals surface area contributed by atoms with Crippen molar-refractivity contribution in [3.8, 4) is 11.5 Å². The molecular formula is C16H25NO3. The van der Waals surface area contributed by atoms with Crippen LogP contribution in [0.5, 0.6) is 11.5 Å². The second kappa shape index (κ2) is 7.50. The van der Waals surface area contributed by atoms with Gasteiger partial charge in [-0.2, -0.15) is 0 Å². The van der Waals surface area contributed by atoms with Crippen molar-refractivity contribution in [3.05, 3.63) is 23.8 Å². The molecule has 2 N–H and O–H groups in total. The molecule has 0 spiro atoms. The van der Waals surface area contributed by atoms with E-state index in [2.05, 4.69) is 0 Å². The van der Waals surface area contributed by atoms with Crippen molar-refractivity contribution in [3.63, 3.8) is 0 Å². The zero-order valence-electron chi connectivity index (χ0n) is 12.4. The summed E-state index contributed by atoms with van der Waals surface area (Å²) in [5.41, 5.74) is 7.00. The molecule has 1 heterocycles. The summed E-state index contributed by atoms with van der Waals surface area (Å²) in [5, 5.41) is 0. The predicted octanol–water partition coefficient (Wildman–Crippen LogP) is 2.53. The van der Waals surface area contributed by atoms with Crippen LogP contribution >= 0.6 is 0 Å². The Morgan fingerprint density at radius 2 is 2.30 bits per heavy atom. The predicted molar refractivity (Wildman–Crippen MR) is 79.4 cm³/mol. The maximum absolute atomic E-state index is 5.96. The average molecular weight is 279 g/mol. The molecule has 0 aromatic heterocycles. The number of nitrogens with two attached hydrogens (primary N) is 1. The molecule has 2 unspecified atom stereocenters. The minimum Gasteiger partial charge on any atom is -0.493 e. The van der Waals surface area contributed by atoms with E-state index in [1.54, 1.807) is 7.11 Å². The topological polar surface area (TPSA) is 53.7 Å². The van der Waals surface area contributed by atoms with E-state index in [-0.39, 0.29) is 6.04 Å². The van der Waals surface area contributed by atoms with Crippen molar-refractivity contribution in [2.75, 3.05) is 20.3 Å². The lowest BCUT2D eigenvalue weighted by molar-refractivity contribution is 0.0897. The van der Waals surface area contributed by atoms with Gasteiger partial charge in [0.25, 0.3) is 0 Å². The van der Waals surface area contributed by atoms with E-state index in [4.69, 9.17) is 19.9 Å². The highest BCUT2D eigenvalue weighted by Crippen LogP contribution is 2.32. The largest absolute Gasteiger partial charge is 0.493 e. The highest BCUT2D eigenvalue weighted by Gasteiger charge is 2.17. The SMILES string of the molecule is COc1cccc(CC(C)N)c1OCCC1CCCO1. The van der Waals surface area contributed by atoms with E-state index in [0.29, 0.717) is 12.7 Å². The molecule has 112 valence electrons. The van der Waals surface area contributed by atoms with Crippen LogP contribution in [0.3, 0.4) is 0 Å². The molecule has 0 radical (unpaired) electrons. The Kier molecular flexibility index (Phi) is 5.68. The summed E-state index contributed by atoms with van der Waals surface area (Å²) in [6.07, 6.45) is 4.36. The Balaban J connectivity index is 1.99. The Hall–Kier alpha value is -1.26. The molecule has 1 saturated heterocycles. The van der Waals surface area contributed by atoms with Crippen molar-refractivity contribution >= 4 is 0 Å². The normalized spacial score (nSPS) is 19.9. The van der Waals surface area contributed by atoms with E-state index in [1.165, 1.54) is 0 Å². The molecule has 2 atom stereocenters. The van der Waals surface area contributed by atoms with Crippen molar-refractivity contribution in [1.82, 2.24) is 0 Å². The highest BCUT2D eigenvalue weighted by atomic mass is 16.5. The minimum atomic E-state index is 0.0996. The molecule has 0 amide bonds. The summed E-state index contributed by atoms with van der Waals surface area (Å²) in [6.45, 7) is 3.53. The van der Waals surface area contributed by atoms with Crippen LogP contribution in [0.25, 0.3) is 0 Å². The third-order valence-corrected chi connectivity index (χ3v) is 3.53. The number of benzene rings is 1. The number of rotatable bonds is 7. The molecular weight excluding hydrogens is 254 g/mol. The summed E-state index contributed by atoms with van der Waals surface area (Å²) >= 11 is 0. The van der Waals surface area contributed by atoms with Gasteiger partial charge in [0.2, 0.25) is 0 Å². The maximum Gasteiger partial charge on any atom is 0.164 e. The van der Waals surface area contributed by atoms with Gasteiger partial charge >= 0.3 is 0 Å².